The minimum atomic E-state index is -1.37. The molecule has 0 N–H and O–H groups in total. The van der Waals surface area contributed by atoms with Gasteiger partial charge >= 0.3 is 0 Å². The maximum atomic E-state index is 5.69. The molecule has 0 aliphatic heterocycles. The molecule has 0 rings (SSSR count). The Morgan fingerprint density at radius 1 is 1.45 bits per heavy atom. The second kappa shape index (κ2) is 4.39. The van der Waals surface area contributed by atoms with E-state index in [4.69, 9.17) is 4.43 Å². The molecule has 0 amide bonds. The van der Waals surface area contributed by atoms with Gasteiger partial charge in [0.05, 0.1) is 5.76 Å². The average molecular weight is 170 g/mol. The topological polar surface area (TPSA) is 9.23 Å². The van der Waals surface area contributed by atoms with Crippen molar-refractivity contribution in [2.24, 2.45) is 0 Å². The monoisotopic (exact) mass is 170 g/mol. The smallest absolute Gasteiger partial charge is 0.241 e. The van der Waals surface area contributed by atoms with E-state index in [-0.39, 0.29) is 0 Å². The molecule has 0 saturated heterocycles. The lowest BCUT2D eigenvalue weighted by Crippen LogP contribution is -2.24. The molecule has 0 fully saturated rings. The van der Waals surface area contributed by atoms with Gasteiger partial charge in [-0.1, -0.05) is 6.08 Å². The van der Waals surface area contributed by atoms with E-state index in [1.54, 1.807) is 0 Å². The summed E-state index contributed by atoms with van der Waals surface area (Å²) in [5, 5.41) is 0. The molecule has 0 heterocycles. The second-order valence-corrected chi connectivity index (χ2v) is 7.98. The van der Waals surface area contributed by atoms with Crippen molar-refractivity contribution in [3.05, 3.63) is 24.5 Å². The molecule has 0 spiro atoms. The molecule has 0 unspecified atom stereocenters. The van der Waals surface area contributed by atoms with Crippen molar-refractivity contribution in [2.45, 2.75) is 33.0 Å². The Morgan fingerprint density at radius 2 is 2.00 bits per heavy atom. The summed E-state index contributed by atoms with van der Waals surface area (Å²) in [6, 6.07) is 0. The van der Waals surface area contributed by atoms with Gasteiger partial charge in [0, 0.05) is 0 Å². The van der Waals surface area contributed by atoms with Crippen LogP contribution in [0.15, 0.2) is 24.5 Å². The van der Waals surface area contributed by atoms with Crippen LogP contribution < -0.4 is 0 Å². The highest BCUT2D eigenvalue weighted by atomic mass is 28.4. The van der Waals surface area contributed by atoms with E-state index < -0.39 is 8.32 Å². The first-order valence-corrected chi connectivity index (χ1v) is 7.33. The van der Waals surface area contributed by atoms with Gasteiger partial charge in [-0.15, -0.1) is 6.58 Å². The standard InChI is InChI=1S/C9H18OSi/c1-6-7-8-9(2)10-11(3,4)5/h6,8H,1,7H2,2-5H3/b9-8+. The SMILES string of the molecule is C=CC/C=C(\C)O[Si](C)(C)C. The third-order valence-corrected chi connectivity index (χ3v) is 1.97. The van der Waals surface area contributed by atoms with Crippen molar-refractivity contribution in [1.82, 2.24) is 0 Å². The minimum absolute atomic E-state index is 0.899. The van der Waals surface area contributed by atoms with Crippen LogP contribution in [0.2, 0.25) is 19.6 Å². The molecule has 0 aromatic carbocycles. The Hall–Kier alpha value is -0.503. The molecule has 2 heteroatoms. The molecule has 0 radical (unpaired) electrons. The average Bonchev–Trinajstić information content (AvgIpc) is 1.79. The van der Waals surface area contributed by atoms with E-state index in [1.807, 2.05) is 13.0 Å². The predicted octanol–water partition coefficient (Wildman–Crippen LogP) is 3.32. The van der Waals surface area contributed by atoms with Crippen LogP contribution in [0.4, 0.5) is 0 Å². The van der Waals surface area contributed by atoms with E-state index in [9.17, 15) is 0 Å². The van der Waals surface area contributed by atoms with Crippen LogP contribution in [0.5, 0.6) is 0 Å². The van der Waals surface area contributed by atoms with Crippen LogP contribution in [-0.4, -0.2) is 8.32 Å². The zero-order valence-corrected chi connectivity index (χ0v) is 8.98. The summed E-state index contributed by atoms with van der Waals surface area (Å²) in [6.07, 6.45) is 4.83. The lowest BCUT2D eigenvalue weighted by Gasteiger charge is -2.19. The first-order chi connectivity index (χ1) is 4.95. The molecule has 11 heavy (non-hydrogen) atoms. The van der Waals surface area contributed by atoms with Gasteiger partial charge in [-0.3, -0.25) is 0 Å². The lowest BCUT2D eigenvalue weighted by atomic mass is 10.4. The Bertz CT molecular complexity index is 153. The third kappa shape index (κ3) is 7.39. The van der Waals surface area contributed by atoms with E-state index in [0.717, 1.165) is 12.2 Å². The van der Waals surface area contributed by atoms with Crippen molar-refractivity contribution in [3.8, 4) is 0 Å². The molecule has 0 atom stereocenters. The lowest BCUT2D eigenvalue weighted by molar-refractivity contribution is 0.422. The highest BCUT2D eigenvalue weighted by molar-refractivity contribution is 6.70. The number of hydrogen-bond donors (Lipinski definition) is 0. The first-order valence-electron chi connectivity index (χ1n) is 3.92. The van der Waals surface area contributed by atoms with Gasteiger partial charge in [0.1, 0.15) is 0 Å². The fourth-order valence-electron chi connectivity index (χ4n) is 0.774. The maximum Gasteiger partial charge on any atom is 0.241 e. The number of hydrogen-bond acceptors (Lipinski definition) is 1. The van der Waals surface area contributed by atoms with Gasteiger partial charge in [-0.2, -0.15) is 0 Å². The van der Waals surface area contributed by atoms with Gasteiger partial charge < -0.3 is 4.43 Å². The highest BCUT2D eigenvalue weighted by Gasteiger charge is 2.15. The molecule has 0 aliphatic carbocycles. The molecular weight excluding hydrogens is 152 g/mol. The van der Waals surface area contributed by atoms with Gasteiger partial charge in [-0.25, -0.2) is 0 Å². The summed E-state index contributed by atoms with van der Waals surface area (Å²) in [6.45, 7) is 12.2. The highest BCUT2D eigenvalue weighted by Crippen LogP contribution is 2.09. The fraction of sp³-hybridized carbons (Fsp3) is 0.556. The molecule has 64 valence electrons. The Kier molecular flexibility index (Phi) is 4.19. The molecule has 0 aliphatic rings. The quantitative estimate of drug-likeness (QED) is 0.357. The van der Waals surface area contributed by atoms with Crippen LogP contribution in [0.3, 0.4) is 0 Å². The van der Waals surface area contributed by atoms with Crippen molar-refractivity contribution in [2.75, 3.05) is 0 Å². The molecule has 0 aromatic heterocycles. The fourth-order valence-corrected chi connectivity index (χ4v) is 1.82. The number of rotatable bonds is 4. The third-order valence-electron chi connectivity index (χ3n) is 1.04. The van der Waals surface area contributed by atoms with Crippen molar-refractivity contribution < 1.29 is 4.43 Å². The van der Waals surface area contributed by atoms with E-state index in [0.29, 0.717) is 0 Å². The van der Waals surface area contributed by atoms with Gasteiger partial charge in [0.2, 0.25) is 8.32 Å². The summed E-state index contributed by atoms with van der Waals surface area (Å²) in [5.41, 5.74) is 0. The van der Waals surface area contributed by atoms with E-state index in [1.165, 1.54) is 0 Å². The van der Waals surface area contributed by atoms with E-state index >= 15 is 0 Å². The first kappa shape index (κ1) is 10.5. The Balaban J connectivity index is 3.85. The Morgan fingerprint density at radius 3 is 2.36 bits per heavy atom. The predicted molar refractivity (Wildman–Crippen MR) is 53.0 cm³/mol. The van der Waals surface area contributed by atoms with Gasteiger partial charge in [-0.05, 0) is 39.1 Å². The molecule has 1 nitrogen and oxygen atoms in total. The molecular formula is C9H18OSi. The van der Waals surface area contributed by atoms with Crippen LogP contribution in [0.1, 0.15) is 13.3 Å². The van der Waals surface area contributed by atoms with Gasteiger partial charge in [0.25, 0.3) is 0 Å². The van der Waals surface area contributed by atoms with Crippen LogP contribution in [0.25, 0.3) is 0 Å². The normalized spacial score (nSPS) is 12.9. The molecule has 0 aromatic rings. The minimum Gasteiger partial charge on any atom is -0.548 e. The largest absolute Gasteiger partial charge is 0.548 e. The van der Waals surface area contributed by atoms with Crippen molar-refractivity contribution in [1.29, 1.82) is 0 Å². The Labute approximate surface area is 70.9 Å². The van der Waals surface area contributed by atoms with Gasteiger partial charge in [0.15, 0.2) is 0 Å². The van der Waals surface area contributed by atoms with Crippen LogP contribution >= 0.6 is 0 Å². The summed E-state index contributed by atoms with van der Waals surface area (Å²) < 4.78 is 5.69. The van der Waals surface area contributed by atoms with E-state index in [2.05, 4.69) is 32.3 Å². The summed E-state index contributed by atoms with van der Waals surface area (Å²) in [5.74, 6) is 1.03. The summed E-state index contributed by atoms with van der Waals surface area (Å²) >= 11 is 0. The number of allylic oxidation sites excluding steroid dienone is 3. The van der Waals surface area contributed by atoms with Crippen molar-refractivity contribution >= 4 is 8.32 Å². The second-order valence-electron chi connectivity index (χ2n) is 3.55. The summed E-state index contributed by atoms with van der Waals surface area (Å²) in [7, 11) is -1.37. The van der Waals surface area contributed by atoms with Crippen molar-refractivity contribution in [3.63, 3.8) is 0 Å². The zero-order chi connectivity index (χ0) is 8.91. The molecule has 0 bridgehead atoms. The molecule has 0 saturated carbocycles. The maximum absolute atomic E-state index is 5.69. The van der Waals surface area contributed by atoms with Crippen LogP contribution in [-0.2, 0) is 4.43 Å². The summed E-state index contributed by atoms with van der Waals surface area (Å²) in [4.78, 5) is 0. The van der Waals surface area contributed by atoms with Crippen LogP contribution in [0, 0.1) is 0 Å². The zero-order valence-electron chi connectivity index (χ0n) is 7.98.